The maximum Gasteiger partial charge on any atom is 0.181 e. The normalized spacial score (nSPS) is 10.7. The number of benzene rings is 1. The zero-order valence-electron chi connectivity index (χ0n) is 9.24. The molecular formula is C11H13FN4. The summed E-state index contributed by atoms with van der Waals surface area (Å²) < 4.78 is 14.5. The van der Waals surface area contributed by atoms with Gasteiger partial charge in [-0.25, -0.2) is 9.37 Å². The van der Waals surface area contributed by atoms with Gasteiger partial charge < -0.3 is 5.32 Å². The molecule has 84 valence electrons. The van der Waals surface area contributed by atoms with Crippen molar-refractivity contribution in [2.45, 2.75) is 6.54 Å². The Labute approximate surface area is 93.1 Å². The second kappa shape index (κ2) is 4.40. The average molecular weight is 220 g/mol. The molecule has 0 aliphatic rings. The lowest BCUT2D eigenvalue weighted by molar-refractivity contribution is 0.628. The molecule has 0 radical (unpaired) electrons. The van der Waals surface area contributed by atoms with Gasteiger partial charge in [-0.2, -0.15) is 5.10 Å². The van der Waals surface area contributed by atoms with E-state index in [9.17, 15) is 4.39 Å². The minimum Gasteiger partial charge on any atom is -0.313 e. The van der Waals surface area contributed by atoms with Crippen LogP contribution in [0.5, 0.6) is 0 Å². The van der Waals surface area contributed by atoms with Crippen molar-refractivity contribution in [3.05, 3.63) is 35.9 Å². The molecule has 1 aromatic carbocycles. The minimum absolute atomic E-state index is 0.255. The summed E-state index contributed by atoms with van der Waals surface area (Å²) in [6.07, 6.45) is 0. The Hall–Kier alpha value is -1.75. The van der Waals surface area contributed by atoms with E-state index >= 15 is 0 Å². The first-order valence-electron chi connectivity index (χ1n) is 5.01. The SMILES string of the molecule is CNCc1nc(-c2ccc(F)cc2)nn1C. The van der Waals surface area contributed by atoms with Gasteiger partial charge in [0, 0.05) is 12.6 Å². The Morgan fingerprint density at radius 2 is 2.00 bits per heavy atom. The van der Waals surface area contributed by atoms with E-state index in [1.807, 2.05) is 14.1 Å². The summed E-state index contributed by atoms with van der Waals surface area (Å²) in [5.74, 6) is 1.21. The molecule has 0 bridgehead atoms. The molecule has 0 amide bonds. The maximum absolute atomic E-state index is 12.8. The number of aryl methyl sites for hydroxylation is 1. The molecule has 2 aromatic rings. The number of aromatic nitrogens is 3. The molecule has 16 heavy (non-hydrogen) atoms. The van der Waals surface area contributed by atoms with Crippen molar-refractivity contribution in [2.75, 3.05) is 7.05 Å². The van der Waals surface area contributed by atoms with Crippen LogP contribution in [-0.4, -0.2) is 21.8 Å². The first kappa shape index (κ1) is 10.8. The molecule has 0 fully saturated rings. The van der Waals surface area contributed by atoms with Gasteiger partial charge in [-0.3, -0.25) is 4.68 Å². The van der Waals surface area contributed by atoms with Crippen LogP contribution in [0.25, 0.3) is 11.4 Å². The van der Waals surface area contributed by atoms with E-state index in [1.165, 1.54) is 12.1 Å². The van der Waals surface area contributed by atoms with E-state index in [2.05, 4.69) is 15.4 Å². The van der Waals surface area contributed by atoms with Crippen LogP contribution in [0.4, 0.5) is 4.39 Å². The number of nitrogens with one attached hydrogen (secondary N) is 1. The first-order chi connectivity index (χ1) is 7.70. The van der Waals surface area contributed by atoms with Crippen LogP contribution in [0, 0.1) is 5.82 Å². The third kappa shape index (κ3) is 2.09. The minimum atomic E-state index is -0.255. The van der Waals surface area contributed by atoms with Crippen molar-refractivity contribution in [1.29, 1.82) is 0 Å². The van der Waals surface area contributed by atoms with E-state index in [-0.39, 0.29) is 5.82 Å². The van der Waals surface area contributed by atoms with Gasteiger partial charge in [0.2, 0.25) is 0 Å². The summed E-state index contributed by atoms with van der Waals surface area (Å²) in [6.45, 7) is 0.657. The zero-order chi connectivity index (χ0) is 11.5. The van der Waals surface area contributed by atoms with E-state index in [0.717, 1.165) is 11.4 Å². The highest BCUT2D eigenvalue weighted by atomic mass is 19.1. The lowest BCUT2D eigenvalue weighted by Gasteiger charge is -1.95. The highest BCUT2D eigenvalue weighted by Crippen LogP contribution is 2.15. The van der Waals surface area contributed by atoms with Crippen molar-refractivity contribution >= 4 is 0 Å². The number of halogens is 1. The van der Waals surface area contributed by atoms with Gasteiger partial charge in [0.1, 0.15) is 11.6 Å². The van der Waals surface area contributed by atoms with E-state index in [0.29, 0.717) is 12.4 Å². The fourth-order valence-electron chi connectivity index (χ4n) is 1.45. The van der Waals surface area contributed by atoms with Crippen LogP contribution >= 0.6 is 0 Å². The molecular weight excluding hydrogens is 207 g/mol. The second-order valence-corrected chi connectivity index (χ2v) is 3.51. The van der Waals surface area contributed by atoms with E-state index in [1.54, 1.807) is 16.8 Å². The second-order valence-electron chi connectivity index (χ2n) is 3.51. The fourth-order valence-corrected chi connectivity index (χ4v) is 1.45. The average Bonchev–Trinajstić information content (AvgIpc) is 2.62. The molecule has 1 aromatic heterocycles. The fraction of sp³-hybridized carbons (Fsp3) is 0.273. The third-order valence-electron chi connectivity index (χ3n) is 2.29. The van der Waals surface area contributed by atoms with Gasteiger partial charge in [-0.05, 0) is 31.3 Å². The van der Waals surface area contributed by atoms with Crippen molar-refractivity contribution in [3.63, 3.8) is 0 Å². The summed E-state index contributed by atoms with van der Waals surface area (Å²) in [5.41, 5.74) is 0.819. The quantitative estimate of drug-likeness (QED) is 0.848. The zero-order valence-corrected chi connectivity index (χ0v) is 9.24. The monoisotopic (exact) mass is 220 g/mol. The molecule has 0 atom stereocenters. The van der Waals surface area contributed by atoms with E-state index in [4.69, 9.17) is 0 Å². The Balaban J connectivity index is 2.33. The molecule has 0 saturated carbocycles. The largest absolute Gasteiger partial charge is 0.313 e. The van der Waals surface area contributed by atoms with Crippen LogP contribution in [0.2, 0.25) is 0 Å². The Morgan fingerprint density at radius 1 is 1.31 bits per heavy atom. The van der Waals surface area contributed by atoms with Gasteiger partial charge in [-0.15, -0.1) is 0 Å². The summed E-state index contributed by atoms with van der Waals surface area (Å²) >= 11 is 0. The number of hydrogen-bond acceptors (Lipinski definition) is 3. The van der Waals surface area contributed by atoms with Crippen LogP contribution in [-0.2, 0) is 13.6 Å². The van der Waals surface area contributed by atoms with Crippen molar-refractivity contribution in [1.82, 2.24) is 20.1 Å². The van der Waals surface area contributed by atoms with E-state index < -0.39 is 0 Å². The number of nitrogens with zero attached hydrogens (tertiary/aromatic N) is 3. The van der Waals surface area contributed by atoms with Crippen molar-refractivity contribution in [3.8, 4) is 11.4 Å². The Morgan fingerprint density at radius 3 is 2.62 bits per heavy atom. The van der Waals surface area contributed by atoms with Gasteiger partial charge in [0.15, 0.2) is 5.82 Å². The van der Waals surface area contributed by atoms with Gasteiger partial charge in [0.05, 0.1) is 6.54 Å². The molecule has 0 aliphatic carbocycles. The smallest absolute Gasteiger partial charge is 0.181 e. The van der Waals surface area contributed by atoms with Gasteiger partial charge in [-0.1, -0.05) is 0 Å². The van der Waals surface area contributed by atoms with Crippen LogP contribution < -0.4 is 5.32 Å². The summed E-state index contributed by atoms with van der Waals surface area (Å²) in [4.78, 5) is 4.37. The highest BCUT2D eigenvalue weighted by molar-refractivity contribution is 5.54. The van der Waals surface area contributed by atoms with Crippen LogP contribution in [0.1, 0.15) is 5.82 Å². The number of rotatable bonds is 3. The summed E-state index contributed by atoms with van der Waals surface area (Å²) in [5, 5.41) is 7.29. The van der Waals surface area contributed by atoms with Crippen molar-refractivity contribution in [2.24, 2.45) is 7.05 Å². The Kier molecular flexibility index (Phi) is 2.96. The van der Waals surface area contributed by atoms with Crippen molar-refractivity contribution < 1.29 is 4.39 Å². The number of hydrogen-bond donors (Lipinski definition) is 1. The van der Waals surface area contributed by atoms with Crippen LogP contribution in [0.15, 0.2) is 24.3 Å². The molecule has 5 heteroatoms. The Bertz CT molecular complexity index is 475. The lowest BCUT2D eigenvalue weighted by Crippen LogP contribution is -2.10. The predicted octanol–water partition coefficient (Wildman–Crippen LogP) is 1.34. The molecule has 4 nitrogen and oxygen atoms in total. The van der Waals surface area contributed by atoms with Crippen LogP contribution in [0.3, 0.4) is 0 Å². The third-order valence-corrected chi connectivity index (χ3v) is 2.29. The summed E-state index contributed by atoms with van der Waals surface area (Å²) in [6, 6.07) is 6.16. The predicted molar refractivity (Wildman–Crippen MR) is 59.2 cm³/mol. The highest BCUT2D eigenvalue weighted by Gasteiger charge is 2.08. The van der Waals surface area contributed by atoms with Gasteiger partial charge >= 0.3 is 0 Å². The molecule has 1 N–H and O–H groups in total. The summed E-state index contributed by atoms with van der Waals surface area (Å²) in [7, 11) is 3.69. The molecule has 0 saturated heterocycles. The molecule has 0 unspecified atom stereocenters. The maximum atomic E-state index is 12.8. The molecule has 0 spiro atoms. The lowest BCUT2D eigenvalue weighted by atomic mass is 10.2. The van der Waals surface area contributed by atoms with Gasteiger partial charge in [0.25, 0.3) is 0 Å². The molecule has 0 aliphatic heterocycles. The topological polar surface area (TPSA) is 42.7 Å². The molecule has 1 heterocycles. The first-order valence-corrected chi connectivity index (χ1v) is 5.01. The standard InChI is InChI=1S/C11H13FN4/c1-13-7-10-14-11(15-16(10)2)8-3-5-9(12)6-4-8/h3-6,13H,7H2,1-2H3. The molecule has 2 rings (SSSR count).